The highest BCUT2D eigenvalue weighted by molar-refractivity contribution is 6.30. The number of methoxy groups -OCH3 is 2. The molecule has 0 saturated carbocycles. The molecule has 27 heavy (non-hydrogen) atoms. The average Bonchev–Trinajstić information content (AvgIpc) is 2.69. The van der Waals surface area contributed by atoms with Gasteiger partial charge in [0.1, 0.15) is 17.2 Å². The Morgan fingerprint density at radius 3 is 2.33 bits per heavy atom. The highest BCUT2D eigenvalue weighted by atomic mass is 35.5. The van der Waals surface area contributed by atoms with Crippen molar-refractivity contribution >= 4 is 23.2 Å². The number of hydrogen-bond acceptors (Lipinski definition) is 5. The van der Waals surface area contributed by atoms with E-state index in [1.165, 1.54) is 12.3 Å². The van der Waals surface area contributed by atoms with E-state index in [0.29, 0.717) is 28.0 Å². The lowest BCUT2D eigenvalue weighted by Crippen LogP contribution is -2.13. The Bertz CT molecular complexity index is 945. The molecule has 0 aliphatic heterocycles. The lowest BCUT2D eigenvalue weighted by atomic mass is 10.2. The maximum Gasteiger partial charge on any atom is 0.274 e. The number of anilines is 1. The fourth-order valence-corrected chi connectivity index (χ4v) is 2.49. The third-order valence-electron chi connectivity index (χ3n) is 3.66. The van der Waals surface area contributed by atoms with Gasteiger partial charge in [0.15, 0.2) is 11.5 Å². The smallest absolute Gasteiger partial charge is 0.274 e. The monoisotopic (exact) mass is 384 g/mol. The van der Waals surface area contributed by atoms with Gasteiger partial charge in [0.25, 0.3) is 5.91 Å². The van der Waals surface area contributed by atoms with E-state index in [1.807, 2.05) is 0 Å². The van der Waals surface area contributed by atoms with Crippen LogP contribution in [0.5, 0.6) is 23.0 Å². The normalized spacial score (nSPS) is 10.2. The molecule has 7 heteroatoms. The van der Waals surface area contributed by atoms with E-state index in [9.17, 15) is 4.79 Å². The zero-order valence-corrected chi connectivity index (χ0v) is 15.5. The number of carbonyl (C=O) groups is 1. The van der Waals surface area contributed by atoms with Crippen LogP contribution in [0.1, 0.15) is 10.5 Å². The molecule has 3 rings (SSSR count). The fraction of sp³-hybridized carbons (Fsp3) is 0.100. The molecule has 0 fully saturated rings. The number of aromatic nitrogens is 1. The largest absolute Gasteiger partial charge is 0.497 e. The first-order valence-corrected chi connectivity index (χ1v) is 8.39. The Morgan fingerprint density at radius 2 is 1.67 bits per heavy atom. The summed E-state index contributed by atoms with van der Waals surface area (Å²) in [5.41, 5.74) is 0.752. The van der Waals surface area contributed by atoms with E-state index in [0.717, 1.165) is 5.75 Å². The van der Waals surface area contributed by atoms with Crippen molar-refractivity contribution in [3.05, 3.63) is 71.5 Å². The van der Waals surface area contributed by atoms with Crippen molar-refractivity contribution in [3.8, 4) is 23.0 Å². The number of pyridine rings is 1. The SMILES string of the molecule is COc1ccc(Oc2cc(NC(=O)c3cc(Cl)ccn3)ccc2OC)cc1. The topological polar surface area (TPSA) is 69.7 Å². The molecule has 1 amide bonds. The molecule has 1 aromatic heterocycles. The van der Waals surface area contributed by atoms with Crippen LogP contribution in [0.4, 0.5) is 5.69 Å². The van der Waals surface area contributed by atoms with Gasteiger partial charge in [-0.15, -0.1) is 0 Å². The van der Waals surface area contributed by atoms with Gasteiger partial charge in [-0.25, -0.2) is 0 Å². The molecule has 0 atom stereocenters. The van der Waals surface area contributed by atoms with Gasteiger partial charge in [0.05, 0.1) is 14.2 Å². The third-order valence-corrected chi connectivity index (χ3v) is 3.90. The Balaban J connectivity index is 1.81. The maximum absolute atomic E-state index is 12.3. The minimum atomic E-state index is -0.377. The Labute approximate surface area is 161 Å². The highest BCUT2D eigenvalue weighted by Gasteiger charge is 2.12. The molecule has 0 aliphatic carbocycles. The molecule has 6 nitrogen and oxygen atoms in total. The van der Waals surface area contributed by atoms with E-state index in [4.69, 9.17) is 25.8 Å². The van der Waals surface area contributed by atoms with Gasteiger partial charge in [0, 0.05) is 23.0 Å². The number of nitrogens with zero attached hydrogens (tertiary/aromatic N) is 1. The summed E-state index contributed by atoms with van der Waals surface area (Å²) in [6.07, 6.45) is 1.48. The molecule has 0 radical (unpaired) electrons. The van der Waals surface area contributed by atoms with E-state index < -0.39 is 0 Å². The molecular weight excluding hydrogens is 368 g/mol. The second-order valence-electron chi connectivity index (χ2n) is 5.46. The highest BCUT2D eigenvalue weighted by Crippen LogP contribution is 2.34. The van der Waals surface area contributed by atoms with E-state index in [2.05, 4.69) is 10.3 Å². The minimum absolute atomic E-state index is 0.218. The van der Waals surface area contributed by atoms with E-state index in [-0.39, 0.29) is 11.6 Å². The number of benzene rings is 2. The van der Waals surface area contributed by atoms with E-state index in [1.54, 1.807) is 62.8 Å². The molecule has 2 aromatic carbocycles. The lowest BCUT2D eigenvalue weighted by molar-refractivity contribution is 0.102. The first-order valence-electron chi connectivity index (χ1n) is 8.02. The van der Waals surface area contributed by atoms with Crippen LogP contribution < -0.4 is 19.5 Å². The summed E-state index contributed by atoms with van der Waals surface area (Å²) >= 11 is 5.90. The summed E-state index contributed by atoms with van der Waals surface area (Å²) in [5, 5.41) is 3.20. The van der Waals surface area contributed by atoms with Crippen molar-refractivity contribution in [2.75, 3.05) is 19.5 Å². The van der Waals surface area contributed by atoms with Crippen LogP contribution in [-0.2, 0) is 0 Å². The standard InChI is InChI=1S/C20H17ClN2O4/c1-25-15-4-6-16(7-5-15)27-19-12-14(3-8-18(19)26-2)23-20(24)17-11-13(21)9-10-22-17/h3-12H,1-2H3,(H,23,24). The predicted molar refractivity (Wildman–Crippen MR) is 103 cm³/mol. The van der Waals surface area contributed by atoms with E-state index >= 15 is 0 Å². The molecule has 0 bridgehead atoms. The van der Waals surface area contributed by atoms with Crippen molar-refractivity contribution in [1.29, 1.82) is 0 Å². The quantitative estimate of drug-likeness (QED) is 0.661. The van der Waals surface area contributed by atoms with Crippen molar-refractivity contribution in [1.82, 2.24) is 4.98 Å². The molecule has 1 heterocycles. The van der Waals surface area contributed by atoms with Crippen molar-refractivity contribution < 1.29 is 19.0 Å². The average molecular weight is 385 g/mol. The molecule has 0 spiro atoms. The fourth-order valence-electron chi connectivity index (χ4n) is 2.33. The van der Waals surface area contributed by atoms with Gasteiger partial charge < -0.3 is 19.5 Å². The van der Waals surface area contributed by atoms with Crippen LogP contribution in [0.15, 0.2) is 60.8 Å². The summed E-state index contributed by atoms with van der Waals surface area (Å²) in [4.78, 5) is 16.4. The number of rotatable bonds is 6. The molecular formula is C20H17ClN2O4. The number of hydrogen-bond donors (Lipinski definition) is 1. The van der Waals surface area contributed by atoms with Crippen molar-refractivity contribution in [3.63, 3.8) is 0 Å². The van der Waals surface area contributed by atoms with Crippen LogP contribution in [0.3, 0.4) is 0 Å². The number of ether oxygens (including phenoxy) is 3. The number of halogens is 1. The predicted octanol–water partition coefficient (Wildman–Crippen LogP) is 4.80. The zero-order chi connectivity index (χ0) is 19.2. The van der Waals surface area contributed by atoms with Gasteiger partial charge >= 0.3 is 0 Å². The summed E-state index contributed by atoms with van der Waals surface area (Å²) in [7, 11) is 3.14. The second kappa shape index (κ2) is 8.42. The summed E-state index contributed by atoms with van der Waals surface area (Å²) in [6, 6.07) is 15.3. The first kappa shape index (κ1) is 18.5. The van der Waals surface area contributed by atoms with Crippen LogP contribution in [0, 0.1) is 0 Å². The van der Waals surface area contributed by atoms with Crippen LogP contribution in [0.2, 0.25) is 5.02 Å². The lowest BCUT2D eigenvalue weighted by Gasteiger charge is -2.13. The molecule has 0 aliphatic rings. The summed E-state index contributed by atoms with van der Waals surface area (Å²) in [6.45, 7) is 0. The summed E-state index contributed by atoms with van der Waals surface area (Å²) in [5.74, 6) is 1.95. The number of amides is 1. The molecule has 1 N–H and O–H groups in total. The minimum Gasteiger partial charge on any atom is -0.497 e. The van der Waals surface area contributed by atoms with Crippen molar-refractivity contribution in [2.24, 2.45) is 0 Å². The van der Waals surface area contributed by atoms with Gasteiger partial charge in [-0.3, -0.25) is 9.78 Å². The zero-order valence-electron chi connectivity index (χ0n) is 14.7. The Hall–Kier alpha value is -3.25. The number of carbonyl (C=O) groups excluding carboxylic acids is 1. The first-order chi connectivity index (χ1) is 13.1. The van der Waals surface area contributed by atoms with Crippen LogP contribution in [0.25, 0.3) is 0 Å². The van der Waals surface area contributed by atoms with Gasteiger partial charge in [0.2, 0.25) is 0 Å². The summed E-state index contributed by atoms with van der Waals surface area (Å²) < 4.78 is 16.3. The van der Waals surface area contributed by atoms with Gasteiger partial charge in [-0.1, -0.05) is 11.6 Å². The van der Waals surface area contributed by atoms with Crippen LogP contribution in [-0.4, -0.2) is 25.1 Å². The molecule has 0 unspecified atom stereocenters. The van der Waals surface area contributed by atoms with Crippen molar-refractivity contribution in [2.45, 2.75) is 0 Å². The molecule has 3 aromatic rings. The Kier molecular flexibility index (Phi) is 5.78. The van der Waals surface area contributed by atoms with Gasteiger partial charge in [-0.2, -0.15) is 0 Å². The second-order valence-corrected chi connectivity index (χ2v) is 5.89. The Morgan fingerprint density at radius 1 is 0.926 bits per heavy atom. The maximum atomic E-state index is 12.3. The van der Waals surface area contributed by atoms with Gasteiger partial charge in [-0.05, 0) is 48.5 Å². The third kappa shape index (κ3) is 4.68. The van der Waals surface area contributed by atoms with Crippen LogP contribution >= 0.6 is 11.6 Å². The number of nitrogens with one attached hydrogen (secondary N) is 1. The molecule has 138 valence electrons. The molecule has 0 saturated heterocycles.